The number of hydrogen-bond acceptors (Lipinski definition) is 4. The molecule has 19 heavy (non-hydrogen) atoms. The normalized spacial score (nSPS) is 12.1. The maximum absolute atomic E-state index is 11.7. The summed E-state index contributed by atoms with van der Waals surface area (Å²) in [6, 6.07) is 4.74. The molecule has 100 valence electrons. The Kier molecular flexibility index (Phi) is 3.79. The Labute approximate surface area is 110 Å². The van der Waals surface area contributed by atoms with Crippen molar-refractivity contribution in [3.05, 3.63) is 41.6 Å². The van der Waals surface area contributed by atoms with E-state index in [-0.39, 0.29) is 11.8 Å². The van der Waals surface area contributed by atoms with Gasteiger partial charge in [0.25, 0.3) is 11.7 Å². The van der Waals surface area contributed by atoms with E-state index in [0.29, 0.717) is 6.42 Å². The van der Waals surface area contributed by atoms with Crippen LogP contribution in [0.3, 0.4) is 0 Å². The predicted molar refractivity (Wildman–Crippen MR) is 67.7 cm³/mol. The second-order valence-corrected chi connectivity index (χ2v) is 4.43. The van der Waals surface area contributed by atoms with E-state index in [1.807, 2.05) is 19.9 Å². The summed E-state index contributed by atoms with van der Waals surface area (Å²) in [5.41, 5.74) is 1.80. The van der Waals surface area contributed by atoms with Crippen LogP contribution in [0.4, 0.5) is 0 Å². The highest BCUT2D eigenvalue weighted by Crippen LogP contribution is 2.04. The van der Waals surface area contributed by atoms with Gasteiger partial charge in [-0.15, -0.1) is 0 Å². The Morgan fingerprint density at radius 3 is 2.89 bits per heavy atom. The van der Waals surface area contributed by atoms with Gasteiger partial charge in [-0.1, -0.05) is 0 Å². The number of aromatic amines is 1. The second-order valence-electron chi connectivity index (χ2n) is 4.43. The Hall–Kier alpha value is -2.37. The lowest BCUT2D eigenvalue weighted by Gasteiger charge is -2.10. The summed E-state index contributed by atoms with van der Waals surface area (Å²) in [5.74, 6) is -1.30. The van der Waals surface area contributed by atoms with E-state index in [1.165, 1.54) is 12.3 Å². The van der Waals surface area contributed by atoms with E-state index in [9.17, 15) is 9.59 Å². The highest BCUT2D eigenvalue weighted by atomic mass is 16.3. The van der Waals surface area contributed by atoms with Gasteiger partial charge in [0.2, 0.25) is 0 Å². The monoisotopic (exact) mass is 261 g/mol. The highest BCUT2D eigenvalue weighted by Gasteiger charge is 2.20. The zero-order chi connectivity index (χ0) is 13.8. The van der Waals surface area contributed by atoms with Crippen LogP contribution in [0.25, 0.3) is 0 Å². The molecular weight excluding hydrogens is 246 g/mol. The van der Waals surface area contributed by atoms with Crippen LogP contribution in [-0.2, 0) is 11.2 Å². The largest absolute Gasteiger partial charge is 0.461 e. The van der Waals surface area contributed by atoms with Crippen molar-refractivity contribution < 1.29 is 14.0 Å². The molecule has 2 rings (SSSR count). The van der Waals surface area contributed by atoms with Crippen molar-refractivity contribution in [3.63, 3.8) is 0 Å². The van der Waals surface area contributed by atoms with Crippen LogP contribution in [0.5, 0.6) is 0 Å². The molecule has 2 aromatic heterocycles. The molecule has 0 radical (unpaired) electrons. The van der Waals surface area contributed by atoms with Crippen molar-refractivity contribution in [1.29, 1.82) is 0 Å². The molecule has 6 nitrogen and oxygen atoms in total. The number of nitrogens with zero attached hydrogens (tertiary/aromatic N) is 1. The molecule has 6 heteroatoms. The third kappa shape index (κ3) is 3.31. The molecule has 0 saturated carbocycles. The Bertz CT molecular complexity index is 572. The Balaban J connectivity index is 1.90. The lowest BCUT2D eigenvalue weighted by molar-refractivity contribution is -0.117. The number of carbonyl (C=O) groups excluding carboxylic acids is 2. The van der Waals surface area contributed by atoms with E-state index < -0.39 is 11.7 Å². The van der Waals surface area contributed by atoms with E-state index in [2.05, 4.69) is 15.5 Å². The van der Waals surface area contributed by atoms with Crippen LogP contribution in [0, 0.1) is 6.92 Å². The smallest absolute Gasteiger partial charge is 0.295 e. The van der Waals surface area contributed by atoms with Crippen molar-refractivity contribution in [2.75, 3.05) is 0 Å². The minimum absolute atomic E-state index is 0.0420. The van der Waals surface area contributed by atoms with E-state index in [1.54, 1.807) is 6.07 Å². The Morgan fingerprint density at radius 2 is 2.32 bits per heavy atom. The number of nitrogens with one attached hydrogen (secondary N) is 2. The molecule has 0 aliphatic heterocycles. The predicted octanol–water partition coefficient (Wildman–Crippen LogP) is 1.24. The fraction of sp³-hybridized carbons (Fsp3) is 0.308. The van der Waals surface area contributed by atoms with Gasteiger partial charge >= 0.3 is 0 Å². The van der Waals surface area contributed by atoms with Gasteiger partial charge in [-0.2, -0.15) is 5.10 Å². The standard InChI is InChI=1S/C13H15N3O3/c1-8(6-10-7-9(2)15-16-10)14-13(18)12(17)11-4-3-5-19-11/h3-5,7-8H,6H2,1-2H3,(H,14,18)(H,15,16)/t8-/m1/s1. The molecule has 0 spiro atoms. The van der Waals surface area contributed by atoms with Crippen molar-refractivity contribution in [3.8, 4) is 0 Å². The number of furan rings is 1. The van der Waals surface area contributed by atoms with Gasteiger partial charge in [0, 0.05) is 18.2 Å². The maximum atomic E-state index is 11.7. The van der Waals surface area contributed by atoms with E-state index in [4.69, 9.17) is 4.42 Å². The van der Waals surface area contributed by atoms with Gasteiger partial charge in [-0.3, -0.25) is 14.7 Å². The van der Waals surface area contributed by atoms with Gasteiger partial charge in [-0.25, -0.2) is 0 Å². The van der Waals surface area contributed by atoms with Gasteiger partial charge in [0.05, 0.1) is 12.0 Å². The van der Waals surface area contributed by atoms with Crippen LogP contribution in [0.2, 0.25) is 0 Å². The van der Waals surface area contributed by atoms with Crippen LogP contribution < -0.4 is 5.32 Å². The van der Waals surface area contributed by atoms with Gasteiger partial charge in [0.15, 0.2) is 5.76 Å². The lowest BCUT2D eigenvalue weighted by atomic mass is 10.1. The van der Waals surface area contributed by atoms with E-state index in [0.717, 1.165) is 11.4 Å². The minimum Gasteiger partial charge on any atom is -0.461 e. The first-order valence-electron chi connectivity index (χ1n) is 5.96. The Morgan fingerprint density at radius 1 is 1.53 bits per heavy atom. The summed E-state index contributed by atoms with van der Waals surface area (Å²) in [6.45, 7) is 3.72. The minimum atomic E-state index is -0.672. The first-order valence-corrected chi connectivity index (χ1v) is 5.96. The second kappa shape index (κ2) is 5.51. The number of amides is 1. The molecule has 0 bridgehead atoms. The number of aryl methyl sites for hydroxylation is 1. The molecule has 0 aromatic carbocycles. The summed E-state index contributed by atoms with van der Waals surface area (Å²) >= 11 is 0. The zero-order valence-electron chi connectivity index (χ0n) is 10.8. The maximum Gasteiger partial charge on any atom is 0.295 e. The fourth-order valence-corrected chi connectivity index (χ4v) is 1.75. The summed E-state index contributed by atoms with van der Waals surface area (Å²) in [7, 11) is 0. The summed E-state index contributed by atoms with van der Waals surface area (Å²) in [4.78, 5) is 23.4. The average Bonchev–Trinajstić information content (AvgIpc) is 2.99. The molecule has 2 aromatic rings. The molecule has 1 amide bonds. The zero-order valence-corrected chi connectivity index (χ0v) is 10.8. The van der Waals surface area contributed by atoms with Gasteiger partial charge in [-0.05, 0) is 32.0 Å². The average molecular weight is 261 g/mol. The number of hydrogen-bond donors (Lipinski definition) is 2. The molecule has 0 unspecified atom stereocenters. The van der Waals surface area contributed by atoms with Crippen molar-refractivity contribution in [2.45, 2.75) is 26.3 Å². The molecule has 0 aliphatic carbocycles. The number of rotatable bonds is 5. The molecule has 0 fully saturated rings. The summed E-state index contributed by atoms with van der Waals surface area (Å²) < 4.78 is 4.89. The number of aromatic nitrogens is 2. The topological polar surface area (TPSA) is 88.0 Å². The molecule has 2 N–H and O–H groups in total. The number of ketones is 1. The fourth-order valence-electron chi connectivity index (χ4n) is 1.75. The third-order valence-electron chi connectivity index (χ3n) is 2.60. The lowest BCUT2D eigenvalue weighted by Crippen LogP contribution is -2.38. The van der Waals surface area contributed by atoms with Crippen molar-refractivity contribution in [1.82, 2.24) is 15.5 Å². The third-order valence-corrected chi connectivity index (χ3v) is 2.60. The number of H-pyrrole nitrogens is 1. The summed E-state index contributed by atoms with van der Waals surface area (Å²) in [6.07, 6.45) is 1.91. The molecular formula is C13H15N3O3. The summed E-state index contributed by atoms with van der Waals surface area (Å²) in [5, 5.41) is 9.53. The van der Waals surface area contributed by atoms with Crippen molar-refractivity contribution >= 4 is 11.7 Å². The highest BCUT2D eigenvalue weighted by molar-refractivity contribution is 6.42. The van der Waals surface area contributed by atoms with Crippen LogP contribution in [0.1, 0.15) is 28.9 Å². The molecule has 0 saturated heterocycles. The van der Waals surface area contributed by atoms with Crippen LogP contribution in [0.15, 0.2) is 28.9 Å². The first-order chi connectivity index (χ1) is 9.06. The van der Waals surface area contributed by atoms with Crippen LogP contribution in [-0.4, -0.2) is 27.9 Å². The SMILES string of the molecule is Cc1cc(C[C@@H](C)NC(=O)C(=O)c2ccco2)n[nH]1. The molecule has 1 atom stereocenters. The molecule has 2 heterocycles. The van der Waals surface area contributed by atoms with Gasteiger partial charge < -0.3 is 9.73 Å². The molecule has 0 aliphatic rings. The number of carbonyl (C=O) groups is 2. The van der Waals surface area contributed by atoms with Crippen LogP contribution >= 0.6 is 0 Å². The van der Waals surface area contributed by atoms with E-state index >= 15 is 0 Å². The quantitative estimate of drug-likeness (QED) is 0.626. The van der Waals surface area contributed by atoms with Gasteiger partial charge in [0.1, 0.15) is 0 Å². The number of Topliss-reactive ketones (excluding diaryl/α,β-unsaturated/α-hetero) is 1. The first kappa shape index (κ1) is 13.1. The van der Waals surface area contributed by atoms with Crippen molar-refractivity contribution in [2.24, 2.45) is 0 Å².